The normalized spacial score (nSPS) is 47.2. The van der Waals surface area contributed by atoms with Gasteiger partial charge in [0.05, 0.1) is 6.10 Å². The van der Waals surface area contributed by atoms with Crippen molar-refractivity contribution in [3.63, 3.8) is 0 Å². The van der Waals surface area contributed by atoms with Crippen molar-refractivity contribution in [1.29, 1.82) is 0 Å². The standard InChI is InChI=1S/C24H30ClFO6/c1-13-8-17-16-5-4-14-9-15(27)6-7-21(14,2)23(16,26)18(28)10-22(17,3)24(13,31)19(29)12-32-20(30)11-25/h6-7,9,13,16-18,28,31H,4-5,8,10-12H2,1-3H3/t13-,16+,17?,18+,21+,22+,23+,24+/m1/s1. The van der Waals surface area contributed by atoms with E-state index in [2.05, 4.69) is 0 Å². The molecule has 1 unspecified atom stereocenters. The highest BCUT2D eigenvalue weighted by Gasteiger charge is 2.75. The molecule has 8 heteroatoms. The van der Waals surface area contributed by atoms with Gasteiger partial charge in [-0.15, -0.1) is 11.6 Å². The predicted octanol–water partition coefficient (Wildman–Crippen LogP) is 2.69. The molecular formula is C24H30ClFO6. The van der Waals surface area contributed by atoms with E-state index in [1.165, 1.54) is 12.2 Å². The van der Waals surface area contributed by atoms with Gasteiger partial charge in [0.1, 0.15) is 11.5 Å². The number of fused-ring (bicyclic) bond motifs is 5. The van der Waals surface area contributed by atoms with Gasteiger partial charge in [0, 0.05) is 16.7 Å². The number of hydrogen-bond donors (Lipinski definition) is 2. The van der Waals surface area contributed by atoms with Crippen molar-refractivity contribution in [3.05, 3.63) is 23.8 Å². The first-order chi connectivity index (χ1) is 14.9. The number of carbonyl (C=O) groups excluding carboxylic acids is 3. The lowest BCUT2D eigenvalue weighted by Gasteiger charge is -2.62. The van der Waals surface area contributed by atoms with Crippen LogP contribution in [-0.4, -0.2) is 57.6 Å². The third-order valence-electron chi connectivity index (χ3n) is 9.12. The van der Waals surface area contributed by atoms with E-state index in [9.17, 15) is 24.6 Å². The van der Waals surface area contributed by atoms with Crippen LogP contribution in [0.15, 0.2) is 23.8 Å². The third-order valence-corrected chi connectivity index (χ3v) is 9.34. The number of Topliss-reactive ketones (excluding diaryl/α,β-unsaturated/α-hetero) is 1. The molecule has 6 nitrogen and oxygen atoms in total. The van der Waals surface area contributed by atoms with Crippen molar-refractivity contribution in [3.8, 4) is 0 Å². The van der Waals surface area contributed by atoms with E-state index in [1.807, 2.05) is 0 Å². The van der Waals surface area contributed by atoms with Gasteiger partial charge in [-0.05, 0) is 56.6 Å². The molecular weight excluding hydrogens is 439 g/mol. The molecule has 4 aliphatic carbocycles. The molecule has 32 heavy (non-hydrogen) atoms. The van der Waals surface area contributed by atoms with E-state index < -0.39 is 64.3 Å². The maximum absolute atomic E-state index is 17.0. The first-order valence-electron chi connectivity index (χ1n) is 11.1. The van der Waals surface area contributed by atoms with Gasteiger partial charge in [-0.1, -0.05) is 25.5 Å². The van der Waals surface area contributed by atoms with Gasteiger partial charge in [0.2, 0.25) is 5.78 Å². The predicted molar refractivity (Wildman–Crippen MR) is 115 cm³/mol. The summed E-state index contributed by atoms with van der Waals surface area (Å²) in [4.78, 5) is 36.5. The Kier molecular flexibility index (Phi) is 5.51. The van der Waals surface area contributed by atoms with Crippen LogP contribution in [0, 0.1) is 28.6 Å². The largest absolute Gasteiger partial charge is 0.457 e. The number of carbonyl (C=O) groups is 3. The van der Waals surface area contributed by atoms with Gasteiger partial charge in [0.25, 0.3) is 0 Å². The van der Waals surface area contributed by atoms with Crippen LogP contribution in [0.25, 0.3) is 0 Å². The average Bonchev–Trinajstić information content (AvgIpc) is 2.94. The Morgan fingerprint density at radius 3 is 2.66 bits per heavy atom. The zero-order valence-electron chi connectivity index (χ0n) is 18.6. The highest BCUT2D eigenvalue weighted by atomic mass is 35.5. The van der Waals surface area contributed by atoms with Gasteiger partial charge in [0.15, 0.2) is 18.1 Å². The van der Waals surface area contributed by atoms with Crippen molar-refractivity contribution in [2.45, 2.75) is 63.8 Å². The molecule has 2 N–H and O–H groups in total. The highest BCUT2D eigenvalue weighted by molar-refractivity contribution is 6.26. The van der Waals surface area contributed by atoms with Crippen molar-refractivity contribution < 1.29 is 33.7 Å². The van der Waals surface area contributed by atoms with E-state index in [4.69, 9.17) is 16.3 Å². The van der Waals surface area contributed by atoms with E-state index in [1.54, 1.807) is 26.8 Å². The van der Waals surface area contributed by atoms with Crippen LogP contribution in [0.1, 0.15) is 46.5 Å². The van der Waals surface area contributed by atoms with Gasteiger partial charge >= 0.3 is 5.97 Å². The number of hydrogen-bond acceptors (Lipinski definition) is 6. The minimum absolute atomic E-state index is 0.120. The maximum atomic E-state index is 17.0. The second-order valence-electron chi connectivity index (χ2n) is 10.4. The quantitative estimate of drug-likeness (QED) is 0.486. The van der Waals surface area contributed by atoms with Crippen molar-refractivity contribution in [2.24, 2.45) is 28.6 Å². The second-order valence-corrected chi connectivity index (χ2v) is 10.7. The molecule has 176 valence electrons. The Balaban J connectivity index is 1.73. The molecule has 0 aromatic heterocycles. The molecule has 0 radical (unpaired) electrons. The van der Waals surface area contributed by atoms with Gasteiger partial charge in [-0.25, -0.2) is 4.39 Å². The monoisotopic (exact) mass is 468 g/mol. The van der Waals surface area contributed by atoms with Crippen LogP contribution in [0.2, 0.25) is 0 Å². The summed E-state index contributed by atoms with van der Waals surface area (Å²) in [6, 6.07) is 0. The number of aliphatic hydroxyl groups excluding tert-OH is 1. The Morgan fingerprint density at radius 1 is 1.31 bits per heavy atom. The minimum Gasteiger partial charge on any atom is -0.457 e. The topological polar surface area (TPSA) is 101 Å². The number of allylic oxidation sites excluding steroid dienone is 4. The molecule has 8 atom stereocenters. The summed E-state index contributed by atoms with van der Waals surface area (Å²) in [6.45, 7) is 4.58. The number of alkyl halides is 2. The van der Waals surface area contributed by atoms with Crippen LogP contribution in [-0.2, 0) is 19.1 Å². The lowest BCUT2D eigenvalue weighted by atomic mass is 9.44. The maximum Gasteiger partial charge on any atom is 0.321 e. The first kappa shape index (κ1) is 23.6. The van der Waals surface area contributed by atoms with Crippen molar-refractivity contribution in [1.82, 2.24) is 0 Å². The molecule has 0 aromatic rings. The fraction of sp³-hybridized carbons (Fsp3) is 0.708. The van der Waals surface area contributed by atoms with E-state index in [-0.39, 0.29) is 18.1 Å². The van der Waals surface area contributed by atoms with Crippen LogP contribution in [0.3, 0.4) is 0 Å². The van der Waals surface area contributed by atoms with Gasteiger partial charge in [-0.2, -0.15) is 0 Å². The number of halogens is 2. The first-order valence-corrected chi connectivity index (χ1v) is 11.7. The lowest BCUT2D eigenvalue weighted by Crippen LogP contribution is -2.69. The summed E-state index contributed by atoms with van der Waals surface area (Å²) >= 11 is 5.43. The summed E-state index contributed by atoms with van der Waals surface area (Å²) < 4.78 is 21.9. The molecule has 0 aliphatic heterocycles. The summed E-state index contributed by atoms with van der Waals surface area (Å²) in [7, 11) is 0. The Bertz CT molecular complexity index is 931. The zero-order chi connectivity index (χ0) is 23.7. The molecule has 0 amide bonds. The highest BCUT2D eigenvalue weighted by Crippen LogP contribution is 2.70. The third kappa shape index (κ3) is 2.80. The fourth-order valence-corrected chi connectivity index (χ4v) is 7.51. The minimum atomic E-state index is -2.03. The number of ketones is 2. The van der Waals surface area contributed by atoms with Crippen LogP contribution in [0.5, 0.6) is 0 Å². The lowest BCUT2D eigenvalue weighted by molar-refractivity contribution is -0.219. The van der Waals surface area contributed by atoms with E-state index in [0.717, 1.165) is 0 Å². The smallest absolute Gasteiger partial charge is 0.321 e. The summed E-state index contributed by atoms with van der Waals surface area (Å²) in [5.41, 5.74) is -5.45. The summed E-state index contributed by atoms with van der Waals surface area (Å²) in [5.74, 6) is -3.49. The number of ether oxygens (including phenoxy) is 1. The number of esters is 1. The van der Waals surface area contributed by atoms with E-state index in [0.29, 0.717) is 24.8 Å². The Labute approximate surface area is 191 Å². The van der Waals surface area contributed by atoms with Gasteiger partial charge in [-0.3, -0.25) is 14.4 Å². The van der Waals surface area contributed by atoms with Gasteiger partial charge < -0.3 is 14.9 Å². The van der Waals surface area contributed by atoms with Crippen LogP contribution >= 0.6 is 11.6 Å². The Morgan fingerprint density at radius 2 is 2.00 bits per heavy atom. The molecule has 0 heterocycles. The van der Waals surface area contributed by atoms with Crippen LogP contribution in [0.4, 0.5) is 4.39 Å². The fourth-order valence-electron chi connectivity index (χ4n) is 7.44. The Hall–Kier alpha value is -1.57. The molecule has 4 rings (SSSR count). The SMILES string of the molecule is C[C@@H]1CC2[C@@H]3CCC4=CC(=O)C=C[C@]4(C)[C@@]3(F)[C@@H](O)C[C@]2(C)[C@@]1(O)C(=O)COC(=O)CCl. The molecule has 0 bridgehead atoms. The molecule has 0 aromatic carbocycles. The average molecular weight is 469 g/mol. The molecule has 4 aliphatic rings. The number of rotatable bonds is 4. The zero-order valence-corrected chi connectivity index (χ0v) is 19.3. The molecule has 3 fully saturated rings. The van der Waals surface area contributed by atoms with Crippen molar-refractivity contribution in [2.75, 3.05) is 12.5 Å². The second kappa shape index (κ2) is 7.47. The summed E-state index contributed by atoms with van der Waals surface area (Å²) in [5, 5.41) is 23.0. The molecule has 0 saturated heterocycles. The molecule has 3 saturated carbocycles. The number of aliphatic hydroxyl groups is 2. The van der Waals surface area contributed by atoms with E-state index >= 15 is 4.39 Å². The van der Waals surface area contributed by atoms with Crippen LogP contribution < -0.4 is 0 Å². The van der Waals surface area contributed by atoms with Crippen molar-refractivity contribution >= 4 is 29.1 Å². The molecule has 0 spiro atoms. The summed E-state index contributed by atoms with van der Waals surface area (Å²) in [6.07, 6.45) is 4.16.